The molecule has 5 rings (SSSR count). The summed E-state index contributed by atoms with van der Waals surface area (Å²) in [6.07, 6.45) is 1.08. The molecule has 1 N–H and O–H groups in total. The number of hydrogen-bond acceptors (Lipinski definition) is 6. The Hall–Kier alpha value is -3.10. The van der Waals surface area contributed by atoms with Crippen molar-refractivity contribution in [3.63, 3.8) is 0 Å². The molecule has 1 aromatic heterocycles. The number of amides is 1. The highest BCUT2D eigenvalue weighted by molar-refractivity contribution is 5.94. The van der Waals surface area contributed by atoms with Crippen molar-refractivity contribution < 1.29 is 23.5 Å². The lowest BCUT2D eigenvalue weighted by Crippen LogP contribution is -2.55. The number of carbonyl (C=O) groups excluding carboxylic acids is 2. The van der Waals surface area contributed by atoms with Crippen molar-refractivity contribution >= 4 is 23.3 Å². The van der Waals surface area contributed by atoms with E-state index in [9.17, 15) is 19.1 Å². The summed E-state index contributed by atoms with van der Waals surface area (Å²) >= 11 is 0. The number of hydrogen-bond donors (Lipinski definition) is 1. The fraction of sp³-hybridized carbons (Fsp3) is 0.348. The van der Waals surface area contributed by atoms with Crippen LogP contribution in [-0.2, 0) is 4.79 Å². The van der Waals surface area contributed by atoms with E-state index in [2.05, 4.69) is 9.88 Å². The van der Waals surface area contributed by atoms with E-state index >= 15 is 0 Å². The zero-order valence-corrected chi connectivity index (χ0v) is 17.0. The number of carbonyl (C=O) groups is 2. The SMILES string of the molecule is CC1CN(C(=O)c2ccc(-c3nc4ccc(F)cc4o3)cc2)CCN1C1C[C@]1(O)C=O. The number of piperazine rings is 1. The summed E-state index contributed by atoms with van der Waals surface area (Å²) in [6, 6.07) is 11.1. The molecule has 0 radical (unpaired) electrons. The summed E-state index contributed by atoms with van der Waals surface area (Å²) in [4.78, 5) is 32.3. The zero-order valence-electron chi connectivity index (χ0n) is 17.0. The van der Waals surface area contributed by atoms with Crippen LogP contribution in [-0.4, -0.2) is 69.4 Å². The number of rotatable bonds is 4. The summed E-state index contributed by atoms with van der Waals surface area (Å²) in [5.74, 6) is -0.0870. The van der Waals surface area contributed by atoms with E-state index in [-0.39, 0.29) is 23.8 Å². The van der Waals surface area contributed by atoms with E-state index in [1.54, 1.807) is 35.2 Å². The Balaban J connectivity index is 1.27. The molecule has 2 aliphatic rings. The number of aromatic nitrogens is 1. The Kier molecular flexibility index (Phi) is 4.64. The largest absolute Gasteiger partial charge is 0.436 e. The lowest BCUT2D eigenvalue weighted by Gasteiger charge is -2.40. The summed E-state index contributed by atoms with van der Waals surface area (Å²) in [6.45, 7) is 3.68. The van der Waals surface area contributed by atoms with E-state index in [1.165, 1.54) is 12.1 Å². The zero-order chi connectivity index (χ0) is 21.8. The van der Waals surface area contributed by atoms with Crippen molar-refractivity contribution in [3.05, 3.63) is 53.8 Å². The van der Waals surface area contributed by atoms with Crippen LogP contribution in [0.25, 0.3) is 22.6 Å². The van der Waals surface area contributed by atoms with Gasteiger partial charge in [-0.05, 0) is 43.3 Å². The first-order valence-electron chi connectivity index (χ1n) is 10.3. The van der Waals surface area contributed by atoms with Crippen LogP contribution in [0.4, 0.5) is 4.39 Å². The summed E-state index contributed by atoms with van der Waals surface area (Å²) in [7, 11) is 0. The Labute approximate surface area is 178 Å². The Bertz CT molecular complexity index is 1160. The van der Waals surface area contributed by atoms with E-state index in [0.717, 1.165) is 0 Å². The second kappa shape index (κ2) is 7.25. The summed E-state index contributed by atoms with van der Waals surface area (Å²) in [5.41, 5.74) is 0.975. The van der Waals surface area contributed by atoms with Gasteiger partial charge in [0.2, 0.25) is 5.89 Å². The molecular formula is C23H22FN3O4. The average molecular weight is 423 g/mol. The molecule has 0 spiro atoms. The molecule has 160 valence electrons. The van der Waals surface area contributed by atoms with Crippen LogP contribution in [0, 0.1) is 5.82 Å². The molecular weight excluding hydrogens is 401 g/mol. The number of fused-ring (bicyclic) bond motifs is 1. The van der Waals surface area contributed by atoms with Crippen LogP contribution in [0.15, 0.2) is 46.9 Å². The molecule has 7 nitrogen and oxygen atoms in total. The number of halogens is 1. The molecule has 1 amide bonds. The van der Waals surface area contributed by atoms with Crippen LogP contribution in [0.2, 0.25) is 0 Å². The first kappa shape index (κ1) is 19.8. The van der Waals surface area contributed by atoms with Crippen LogP contribution < -0.4 is 0 Å². The third-order valence-corrected chi connectivity index (χ3v) is 6.24. The van der Waals surface area contributed by atoms with Crippen LogP contribution in [0.5, 0.6) is 0 Å². The van der Waals surface area contributed by atoms with Crippen molar-refractivity contribution in [3.8, 4) is 11.5 Å². The fourth-order valence-corrected chi connectivity index (χ4v) is 4.36. The summed E-state index contributed by atoms with van der Waals surface area (Å²) in [5, 5.41) is 10.1. The van der Waals surface area contributed by atoms with E-state index in [4.69, 9.17) is 4.42 Å². The van der Waals surface area contributed by atoms with Gasteiger partial charge in [0.05, 0.1) is 0 Å². The third kappa shape index (κ3) is 3.51. The lowest BCUT2D eigenvalue weighted by molar-refractivity contribution is -0.118. The normalized spacial score (nSPS) is 26.2. The van der Waals surface area contributed by atoms with Gasteiger partial charge >= 0.3 is 0 Å². The number of benzene rings is 2. The van der Waals surface area contributed by atoms with Gasteiger partial charge in [0.15, 0.2) is 11.9 Å². The molecule has 2 heterocycles. The number of aldehydes is 1. The molecule has 2 aromatic carbocycles. The van der Waals surface area contributed by atoms with Gasteiger partial charge in [0, 0.05) is 55.3 Å². The Morgan fingerprint density at radius 1 is 1.26 bits per heavy atom. The average Bonchev–Trinajstić information content (AvgIpc) is 3.27. The van der Waals surface area contributed by atoms with Crippen molar-refractivity contribution in [1.82, 2.24) is 14.8 Å². The van der Waals surface area contributed by atoms with Gasteiger partial charge in [0.1, 0.15) is 16.9 Å². The lowest BCUT2D eigenvalue weighted by atomic mass is 10.1. The molecule has 1 saturated carbocycles. The Morgan fingerprint density at radius 3 is 2.71 bits per heavy atom. The highest BCUT2D eigenvalue weighted by Crippen LogP contribution is 2.40. The number of oxazole rings is 1. The van der Waals surface area contributed by atoms with Crippen LogP contribution in [0.1, 0.15) is 23.7 Å². The first-order valence-corrected chi connectivity index (χ1v) is 10.3. The molecule has 1 aliphatic heterocycles. The van der Waals surface area contributed by atoms with Crippen LogP contribution in [0.3, 0.4) is 0 Å². The standard InChI is InChI=1S/C23H22FN3O4/c1-14-12-26(8-9-27(14)20-11-23(20,30)13-28)22(29)16-4-2-15(3-5-16)21-25-18-7-6-17(24)10-19(18)31-21/h2-7,10,13-14,20,30H,8-9,11-12H2,1H3/t14?,20?,23-/m0/s1. The molecule has 0 bridgehead atoms. The minimum Gasteiger partial charge on any atom is -0.436 e. The minimum absolute atomic E-state index is 0.0519. The fourth-order valence-electron chi connectivity index (χ4n) is 4.36. The summed E-state index contributed by atoms with van der Waals surface area (Å²) < 4.78 is 19.0. The van der Waals surface area contributed by atoms with Crippen molar-refractivity contribution in [2.75, 3.05) is 19.6 Å². The first-order chi connectivity index (χ1) is 14.9. The molecule has 31 heavy (non-hydrogen) atoms. The van der Waals surface area contributed by atoms with Gasteiger partial charge in [-0.15, -0.1) is 0 Å². The Morgan fingerprint density at radius 2 is 2.03 bits per heavy atom. The molecule has 2 unspecified atom stereocenters. The minimum atomic E-state index is -1.23. The van der Waals surface area contributed by atoms with Crippen LogP contribution >= 0.6 is 0 Å². The predicted molar refractivity (Wildman–Crippen MR) is 111 cm³/mol. The highest BCUT2D eigenvalue weighted by Gasteiger charge is 2.57. The highest BCUT2D eigenvalue weighted by atomic mass is 19.1. The van der Waals surface area contributed by atoms with Gasteiger partial charge < -0.3 is 19.2 Å². The van der Waals surface area contributed by atoms with Gasteiger partial charge in [-0.2, -0.15) is 0 Å². The van der Waals surface area contributed by atoms with E-state index < -0.39 is 5.60 Å². The monoisotopic (exact) mass is 423 g/mol. The molecule has 1 aliphatic carbocycles. The maximum atomic E-state index is 13.4. The van der Waals surface area contributed by atoms with Gasteiger partial charge in [-0.3, -0.25) is 9.69 Å². The molecule has 3 atom stereocenters. The van der Waals surface area contributed by atoms with Crippen molar-refractivity contribution in [2.45, 2.75) is 31.0 Å². The number of nitrogens with zero attached hydrogens (tertiary/aromatic N) is 3. The van der Waals surface area contributed by atoms with E-state index in [1.807, 2.05) is 6.92 Å². The number of aliphatic hydroxyl groups is 1. The predicted octanol–water partition coefficient (Wildman–Crippen LogP) is 2.48. The smallest absolute Gasteiger partial charge is 0.253 e. The van der Waals surface area contributed by atoms with Gasteiger partial charge in [0.25, 0.3) is 5.91 Å². The van der Waals surface area contributed by atoms with Gasteiger partial charge in [-0.1, -0.05) is 0 Å². The molecule has 3 aromatic rings. The second-order valence-electron chi connectivity index (χ2n) is 8.38. The van der Waals surface area contributed by atoms with Crippen molar-refractivity contribution in [2.24, 2.45) is 0 Å². The second-order valence-corrected chi connectivity index (χ2v) is 8.38. The van der Waals surface area contributed by atoms with Gasteiger partial charge in [-0.25, -0.2) is 9.37 Å². The maximum absolute atomic E-state index is 13.4. The van der Waals surface area contributed by atoms with E-state index in [0.29, 0.717) is 60.5 Å². The maximum Gasteiger partial charge on any atom is 0.253 e. The molecule has 1 saturated heterocycles. The topological polar surface area (TPSA) is 86.9 Å². The molecule has 8 heteroatoms. The quantitative estimate of drug-likeness (QED) is 0.649. The van der Waals surface area contributed by atoms with Crippen molar-refractivity contribution in [1.29, 1.82) is 0 Å². The third-order valence-electron chi connectivity index (χ3n) is 6.24. The molecule has 2 fully saturated rings.